The van der Waals surface area contributed by atoms with Crippen molar-refractivity contribution in [1.82, 2.24) is 0 Å². The molecule has 1 spiro atoms. The standard InChI is InChI=1S/C16H23NO3/c1-13-3-5-14(6-4-13)17-9-7-16(8-10-17)19-12-15(20-16)11-18-2/h3-6,15H,7-12H2,1-2H3. The third kappa shape index (κ3) is 2.82. The number of piperidine rings is 1. The van der Waals surface area contributed by atoms with Gasteiger partial charge < -0.3 is 19.1 Å². The Hall–Kier alpha value is -1.10. The van der Waals surface area contributed by atoms with Gasteiger partial charge in [0.1, 0.15) is 6.10 Å². The summed E-state index contributed by atoms with van der Waals surface area (Å²) in [5.74, 6) is -0.371. The smallest absolute Gasteiger partial charge is 0.172 e. The number of nitrogens with zero attached hydrogens (tertiary/aromatic N) is 1. The maximum atomic E-state index is 6.06. The molecule has 2 aliphatic rings. The zero-order chi connectivity index (χ0) is 14.0. The van der Waals surface area contributed by atoms with Crippen LogP contribution in [0.2, 0.25) is 0 Å². The highest BCUT2D eigenvalue weighted by Crippen LogP contribution is 2.35. The maximum absolute atomic E-state index is 6.06. The first-order chi connectivity index (χ1) is 9.71. The minimum Gasteiger partial charge on any atom is -0.382 e. The van der Waals surface area contributed by atoms with Crippen LogP contribution in [0.5, 0.6) is 0 Å². The largest absolute Gasteiger partial charge is 0.382 e. The Balaban J connectivity index is 1.58. The first-order valence-electron chi connectivity index (χ1n) is 7.33. The predicted molar refractivity (Wildman–Crippen MR) is 78.1 cm³/mol. The van der Waals surface area contributed by atoms with Crippen molar-refractivity contribution < 1.29 is 14.2 Å². The topological polar surface area (TPSA) is 30.9 Å². The zero-order valence-electron chi connectivity index (χ0n) is 12.3. The van der Waals surface area contributed by atoms with E-state index in [9.17, 15) is 0 Å². The summed E-state index contributed by atoms with van der Waals surface area (Å²) in [6.07, 6.45) is 1.92. The molecule has 1 atom stereocenters. The Morgan fingerprint density at radius 3 is 2.60 bits per heavy atom. The highest BCUT2D eigenvalue weighted by atomic mass is 16.7. The Kier molecular flexibility index (Phi) is 3.96. The van der Waals surface area contributed by atoms with Crippen LogP contribution < -0.4 is 4.90 Å². The first kappa shape index (κ1) is 13.9. The van der Waals surface area contributed by atoms with Gasteiger partial charge in [0.25, 0.3) is 0 Å². The van der Waals surface area contributed by atoms with Gasteiger partial charge in [0.05, 0.1) is 13.2 Å². The minimum absolute atomic E-state index is 0.0888. The summed E-state index contributed by atoms with van der Waals surface area (Å²) in [6, 6.07) is 8.71. The fraction of sp³-hybridized carbons (Fsp3) is 0.625. The van der Waals surface area contributed by atoms with Crippen molar-refractivity contribution in [1.29, 1.82) is 0 Å². The van der Waals surface area contributed by atoms with Crippen molar-refractivity contribution in [3.8, 4) is 0 Å². The molecule has 2 saturated heterocycles. The molecule has 0 amide bonds. The Bertz CT molecular complexity index is 438. The zero-order valence-corrected chi connectivity index (χ0v) is 12.3. The molecule has 4 heteroatoms. The second kappa shape index (κ2) is 5.72. The van der Waals surface area contributed by atoms with Crippen molar-refractivity contribution in [2.45, 2.75) is 31.7 Å². The van der Waals surface area contributed by atoms with E-state index in [1.54, 1.807) is 7.11 Å². The van der Waals surface area contributed by atoms with Gasteiger partial charge in [0, 0.05) is 38.7 Å². The summed E-state index contributed by atoms with van der Waals surface area (Å²) < 4.78 is 17.1. The molecule has 0 aromatic heterocycles. The van der Waals surface area contributed by atoms with E-state index in [4.69, 9.17) is 14.2 Å². The number of rotatable bonds is 3. The SMILES string of the molecule is COCC1COC2(CCN(c3ccc(C)cc3)CC2)O1. The molecule has 0 saturated carbocycles. The molecule has 1 aromatic rings. The van der Waals surface area contributed by atoms with Crippen LogP contribution in [-0.2, 0) is 14.2 Å². The van der Waals surface area contributed by atoms with Gasteiger partial charge in [-0.05, 0) is 19.1 Å². The number of hydrogen-bond acceptors (Lipinski definition) is 4. The van der Waals surface area contributed by atoms with Gasteiger partial charge in [-0.2, -0.15) is 0 Å². The lowest BCUT2D eigenvalue weighted by molar-refractivity contribution is -0.184. The monoisotopic (exact) mass is 277 g/mol. The molecule has 3 rings (SSSR count). The number of anilines is 1. The molecule has 1 aromatic carbocycles. The normalized spacial score (nSPS) is 25.3. The van der Waals surface area contributed by atoms with Crippen LogP contribution in [0.15, 0.2) is 24.3 Å². The van der Waals surface area contributed by atoms with Gasteiger partial charge in [-0.15, -0.1) is 0 Å². The molecule has 1 unspecified atom stereocenters. The molecule has 0 N–H and O–H groups in total. The Morgan fingerprint density at radius 1 is 1.25 bits per heavy atom. The Labute approximate surface area is 120 Å². The number of hydrogen-bond donors (Lipinski definition) is 0. The third-order valence-electron chi connectivity index (χ3n) is 4.19. The van der Waals surface area contributed by atoms with Crippen LogP contribution in [-0.4, -0.2) is 45.3 Å². The van der Waals surface area contributed by atoms with Gasteiger partial charge >= 0.3 is 0 Å². The van der Waals surface area contributed by atoms with Crippen LogP contribution in [0.1, 0.15) is 18.4 Å². The highest BCUT2D eigenvalue weighted by molar-refractivity contribution is 5.47. The molecule has 2 heterocycles. The van der Waals surface area contributed by atoms with E-state index in [2.05, 4.69) is 36.1 Å². The van der Waals surface area contributed by atoms with E-state index in [1.165, 1.54) is 11.3 Å². The summed E-state index contributed by atoms with van der Waals surface area (Å²) in [6.45, 7) is 5.33. The first-order valence-corrected chi connectivity index (χ1v) is 7.33. The lowest BCUT2D eigenvalue weighted by Gasteiger charge is -2.39. The van der Waals surface area contributed by atoms with E-state index >= 15 is 0 Å². The second-order valence-electron chi connectivity index (χ2n) is 5.74. The molecular formula is C16H23NO3. The maximum Gasteiger partial charge on any atom is 0.172 e. The van der Waals surface area contributed by atoms with Crippen molar-refractivity contribution >= 4 is 5.69 Å². The molecule has 2 fully saturated rings. The summed E-state index contributed by atoms with van der Waals surface area (Å²) >= 11 is 0. The average Bonchev–Trinajstić information content (AvgIpc) is 2.84. The number of aryl methyl sites for hydroxylation is 1. The average molecular weight is 277 g/mol. The van der Waals surface area contributed by atoms with Gasteiger partial charge in [0.2, 0.25) is 0 Å². The quantitative estimate of drug-likeness (QED) is 0.848. The second-order valence-corrected chi connectivity index (χ2v) is 5.74. The van der Waals surface area contributed by atoms with E-state index in [1.807, 2.05) is 0 Å². The fourth-order valence-electron chi connectivity index (χ4n) is 3.01. The summed E-state index contributed by atoms with van der Waals surface area (Å²) in [7, 11) is 1.70. The van der Waals surface area contributed by atoms with Gasteiger partial charge in [-0.1, -0.05) is 17.7 Å². The Morgan fingerprint density at radius 2 is 1.95 bits per heavy atom. The van der Waals surface area contributed by atoms with Crippen molar-refractivity contribution in [3.05, 3.63) is 29.8 Å². The lowest BCUT2D eigenvalue weighted by atomic mass is 10.0. The molecule has 110 valence electrons. The van der Waals surface area contributed by atoms with E-state index < -0.39 is 0 Å². The molecule has 4 nitrogen and oxygen atoms in total. The van der Waals surface area contributed by atoms with Gasteiger partial charge in [-0.25, -0.2) is 0 Å². The summed E-state index contributed by atoms with van der Waals surface area (Å²) in [5, 5.41) is 0. The van der Waals surface area contributed by atoms with Crippen LogP contribution in [0.25, 0.3) is 0 Å². The molecular weight excluding hydrogens is 254 g/mol. The summed E-state index contributed by atoms with van der Waals surface area (Å²) in [5.41, 5.74) is 2.59. The predicted octanol–water partition coefficient (Wildman–Crippen LogP) is 2.35. The van der Waals surface area contributed by atoms with Crippen LogP contribution in [0.3, 0.4) is 0 Å². The van der Waals surface area contributed by atoms with Gasteiger partial charge in [0.15, 0.2) is 5.79 Å². The lowest BCUT2D eigenvalue weighted by Crippen LogP contribution is -2.45. The van der Waals surface area contributed by atoms with E-state index in [0.29, 0.717) is 13.2 Å². The third-order valence-corrected chi connectivity index (χ3v) is 4.19. The number of ether oxygens (including phenoxy) is 3. The van der Waals surface area contributed by atoms with Gasteiger partial charge in [-0.3, -0.25) is 0 Å². The van der Waals surface area contributed by atoms with E-state index in [0.717, 1.165) is 25.9 Å². The molecule has 0 aliphatic carbocycles. The van der Waals surface area contributed by atoms with Crippen molar-refractivity contribution in [3.63, 3.8) is 0 Å². The van der Waals surface area contributed by atoms with Crippen LogP contribution >= 0.6 is 0 Å². The van der Waals surface area contributed by atoms with Crippen molar-refractivity contribution in [2.75, 3.05) is 38.3 Å². The highest BCUT2D eigenvalue weighted by Gasteiger charge is 2.43. The molecule has 2 aliphatic heterocycles. The van der Waals surface area contributed by atoms with Crippen LogP contribution in [0.4, 0.5) is 5.69 Å². The molecule has 0 bridgehead atoms. The minimum atomic E-state index is -0.371. The summed E-state index contributed by atoms with van der Waals surface area (Å²) in [4.78, 5) is 2.40. The van der Waals surface area contributed by atoms with Crippen molar-refractivity contribution in [2.24, 2.45) is 0 Å². The van der Waals surface area contributed by atoms with Crippen LogP contribution in [0, 0.1) is 6.92 Å². The fourth-order valence-corrected chi connectivity index (χ4v) is 3.01. The molecule has 20 heavy (non-hydrogen) atoms. The van der Waals surface area contributed by atoms with E-state index in [-0.39, 0.29) is 11.9 Å². The number of methoxy groups -OCH3 is 1. The number of benzene rings is 1. The molecule has 0 radical (unpaired) electrons.